The minimum Gasteiger partial charge on any atom is -0.377 e. The molecule has 0 aliphatic heterocycles. The van der Waals surface area contributed by atoms with Gasteiger partial charge in [0.2, 0.25) is 0 Å². The standard InChI is InChI=1S/C13H16Cl2O/c1-12(10-13(12,14)15)7-8-16-9-11-5-3-2-4-6-11/h2-6H,7-10H2,1H3. The second kappa shape index (κ2) is 4.56. The molecule has 1 aliphatic carbocycles. The molecule has 1 aromatic rings. The van der Waals surface area contributed by atoms with Crippen molar-refractivity contribution in [3.63, 3.8) is 0 Å². The number of benzene rings is 1. The Morgan fingerprint density at radius 1 is 1.25 bits per heavy atom. The molecule has 2 rings (SSSR count). The van der Waals surface area contributed by atoms with Crippen LogP contribution in [0.1, 0.15) is 25.3 Å². The molecule has 0 spiro atoms. The van der Waals surface area contributed by atoms with Crippen molar-refractivity contribution < 1.29 is 4.74 Å². The van der Waals surface area contributed by atoms with Crippen molar-refractivity contribution in [3.05, 3.63) is 35.9 Å². The highest BCUT2D eigenvalue weighted by atomic mass is 35.5. The average Bonchev–Trinajstić information content (AvgIpc) is 2.75. The van der Waals surface area contributed by atoms with Crippen molar-refractivity contribution in [2.24, 2.45) is 5.41 Å². The molecule has 1 atom stereocenters. The molecule has 0 bridgehead atoms. The zero-order valence-electron chi connectivity index (χ0n) is 9.38. The summed E-state index contributed by atoms with van der Waals surface area (Å²) in [5.74, 6) is 0. The van der Waals surface area contributed by atoms with Gasteiger partial charge in [-0.05, 0) is 18.4 Å². The van der Waals surface area contributed by atoms with E-state index < -0.39 is 4.33 Å². The lowest BCUT2D eigenvalue weighted by Crippen LogP contribution is -2.08. The average molecular weight is 259 g/mol. The first kappa shape index (κ1) is 12.2. The van der Waals surface area contributed by atoms with Gasteiger partial charge < -0.3 is 4.74 Å². The van der Waals surface area contributed by atoms with Gasteiger partial charge in [0.15, 0.2) is 0 Å². The number of rotatable bonds is 5. The fraction of sp³-hybridized carbons (Fsp3) is 0.538. The summed E-state index contributed by atoms with van der Waals surface area (Å²) in [6.07, 6.45) is 1.80. The Kier molecular flexibility index (Phi) is 3.48. The van der Waals surface area contributed by atoms with Crippen LogP contribution in [0.25, 0.3) is 0 Å². The molecule has 0 N–H and O–H groups in total. The van der Waals surface area contributed by atoms with Gasteiger partial charge in [0.05, 0.1) is 6.61 Å². The fourth-order valence-electron chi connectivity index (χ4n) is 1.78. The normalized spacial score (nSPS) is 26.7. The van der Waals surface area contributed by atoms with E-state index in [0.29, 0.717) is 13.2 Å². The van der Waals surface area contributed by atoms with Gasteiger partial charge in [-0.1, -0.05) is 37.3 Å². The minimum atomic E-state index is -0.525. The van der Waals surface area contributed by atoms with Crippen LogP contribution in [0.2, 0.25) is 0 Å². The molecular weight excluding hydrogens is 243 g/mol. The molecular formula is C13H16Cl2O. The molecule has 16 heavy (non-hydrogen) atoms. The van der Waals surface area contributed by atoms with E-state index in [2.05, 4.69) is 19.1 Å². The Labute approximate surface area is 107 Å². The summed E-state index contributed by atoms with van der Waals surface area (Å²) in [7, 11) is 0. The molecule has 1 saturated carbocycles. The van der Waals surface area contributed by atoms with Gasteiger partial charge in [-0.25, -0.2) is 0 Å². The Morgan fingerprint density at radius 2 is 1.88 bits per heavy atom. The quantitative estimate of drug-likeness (QED) is 0.569. The first-order valence-electron chi connectivity index (χ1n) is 5.53. The van der Waals surface area contributed by atoms with Gasteiger partial charge in [-0.15, -0.1) is 23.2 Å². The molecule has 1 aliphatic rings. The van der Waals surface area contributed by atoms with Crippen molar-refractivity contribution in [1.82, 2.24) is 0 Å². The van der Waals surface area contributed by atoms with Crippen molar-refractivity contribution in [2.45, 2.75) is 30.7 Å². The maximum atomic E-state index is 6.05. The summed E-state index contributed by atoms with van der Waals surface area (Å²) < 4.78 is 5.09. The monoisotopic (exact) mass is 258 g/mol. The Morgan fingerprint density at radius 3 is 2.44 bits per heavy atom. The minimum absolute atomic E-state index is 0.0484. The third-order valence-corrected chi connectivity index (χ3v) is 4.46. The number of hydrogen-bond donors (Lipinski definition) is 0. The van der Waals surface area contributed by atoms with E-state index in [0.717, 1.165) is 12.8 Å². The lowest BCUT2D eigenvalue weighted by molar-refractivity contribution is 0.106. The van der Waals surface area contributed by atoms with Crippen LogP contribution in [0.15, 0.2) is 30.3 Å². The zero-order chi connectivity index (χ0) is 11.6. The van der Waals surface area contributed by atoms with Crippen molar-refractivity contribution in [1.29, 1.82) is 0 Å². The predicted octanol–water partition coefficient (Wildman–Crippen LogP) is 4.18. The Balaban J connectivity index is 1.67. The number of hydrogen-bond acceptors (Lipinski definition) is 1. The topological polar surface area (TPSA) is 9.23 Å². The molecule has 1 aromatic carbocycles. The van der Waals surface area contributed by atoms with Crippen LogP contribution in [0.3, 0.4) is 0 Å². The van der Waals surface area contributed by atoms with Crippen LogP contribution in [-0.2, 0) is 11.3 Å². The third kappa shape index (κ3) is 2.71. The van der Waals surface area contributed by atoms with E-state index in [1.807, 2.05) is 18.2 Å². The maximum Gasteiger partial charge on any atom is 0.124 e. The van der Waals surface area contributed by atoms with Crippen LogP contribution in [0.4, 0.5) is 0 Å². The summed E-state index contributed by atoms with van der Waals surface area (Å²) in [4.78, 5) is 0. The van der Waals surface area contributed by atoms with Crippen LogP contribution in [0, 0.1) is 5.41 Å². The molecule has 0 amide bonds. The van der Waals surface area contributed by atoms with Gasteiger partial charge in [0, 0.05) is 12.0 Å². The smallest absolute Gasteiger partial charge is 0.124 e. The van der Waals surface area contributed by atoms with E-state index >= 15 is 0 Å². The fourth-order valence-corrected chi connectivity index (χ4v) is 2.56. The lowest BCUT2D eigenvalue weighted by atomic mass is 10.1. The molecule has 0 aromatic heterocycles. The van der Waals surface area contributed by atoms with E-state index in [1.165, 1.54) is 5.56 Å². The zero-order valence-corrected chi connectivity index (χ0v) is 10.9. The van der Waals surface area contributed by atoms with Crippen LogP contribution >= 0.6 is 23.2 Å². The number of halogens is 2. The Bertz CT molecular complexity index is 350. The summed E-state index contributed by atoms with van der Waals surface area (Å²) in [6, 6.07) is 10.2. The molecule has 88 valence electrons. The van der Waals surface area contributed by atoms with Crippen molar-refractivity contribution >= 4 is 23.2 Å². The van der Waals surface area contributed by atoms with E-state index in [4.69, 9.17) is 27.9 Å². The van der Waals surface area contributed by atoms with Gasteiger partial charge >= 0.3 is 0 Å². The Hall–Kier alpha value is -0.240. The largest absolute Gasteiger partial charge is 0.377 e. The highest BCUT2D eigenvalue weighted by Gasteiger charge is 2.62. The summed E-state index contributed by atoms with van der Waals surface area (Å²) >= 11 is 12.1. The van der Waals surface area contributed by atoms with E-state index in [-0.39, 0.29) is 5.41 Å². The van der Waals surface area contributed by atoms with Crippen LogP contribution in [0.5, 0.6) is 0 Å². The molecule has 0 saturated heterocycles. The van der Waals surface area contributed by atoms with Gasteiger partial charge in [0.1, 0.15) is 4.33 Å². The molecule has 0 radical (unpaired) electrons. The molecule has 1 fully saturated rings. The van der Waals surface area contributed by atoms with Crippen molar-refractivity contribution in [3.8, 4) is 0 Å². The highest BCUT2D eigenvalue weighted by molar-refractivity contribution is 6.51. The molecule has 1 unspecified atom stereocenters. The highest BCUT2D eigenvalue weighted by Crippen LogP contribution is 2.65. The molecule has 0 heterocycles. The SMILES string of the molecule is CC1(CCOCc2ccccc2)CC1(Cl)Cl. The summed E-state index contributed by atoms with van der Waals surface area (Å²) in [5, 5.41) is 0. The summed E-state index contributed by atoms with van der Waals surface area (Å²) in [5.41, 5.74) is 1.25. The summed E-state index contributed by atoms with van der Waals surface area (Å²) in [6.45, 7) is 3.49. The second-order valence-corrected chi connectivity index (χ2v) is 6.21. The maximum absolute atomic E-state index is 6.05. The van der Waals surface area contributed by atoms with Crippen molar-refractivity contribution in [2.75, 3.05) is 6.61 Å². The van der Waals surface area contributed by atoms with Crippen LogP contribution in [-0.4, -0.2) is 10.9 Å². The third-order valence-electron chi connectivity index (χ3n) is 3.28. The van der Waals surface area contributed by atoms with E-state index in [9.17, 15) is 0 Å². The molecule has 3 heteroatoms. The second-order valence-electron chi connectivity index (χ2n) is 4.73. The van der Waals surface area contributed by atoms with Gasteiger partial charge in [-0.3, -0.25) is 0 Å². The molecule has 1 nitrogen and oxygen atoms in total. The van der Waals surface area contributed by atoms with Gasteiger partial charge in [0.25, 0.3) is 0 Å². The van der Waals surface area contributed by atoms with Crippen LogP contribution < -0.4 is 0 Å². The number of alkyl halides is 2. The first-order valence-corrected chi connectivity index (χ1v) is 6.29. The first-order chi connectivity index (χ1) is 7.54. The predicted molar refractivity (Wildman–Crippen MR) is 67.9 cm³/mol. The number of ether oxygens (including phenoxy) is 1. The lowest BCUT2D eigenvalue weighted by Gasteiger charge is -2.11. The van der Waals surface area contributed by atoms with E-state index in [1.54, 1.807) is 0 Å². The van der Waals surface area contributed by atoms with Gasteiger partial charge in [-0.2, -0.15) is 0 Å².